The number of rotatable bonds is 2. The minimum atomic E-state index is -0.282. The van der Waals surface area contributed by atoms with Crippen LogP contribution >= 0.6 is 27.3 Å². The predicted octanol–water partition coefficient (Wildman–Crippen LogP) is 4.63. The zero-order valence-electron chi connectivity index (χ0n) is 11.5. The summed E-state index contributed by atoms with van der Waals surface area (Å²) in [6, 6.07) is 13.2. The zero-order chi connectivity index (χ0) is 15.1. The van der Waals surface area contributed by atoms with Gasteiger partial charge < -0.3 is 4.90 Å². The summed E-state index contributed by atoms with van der Waals surface area (Å²) in [6.07, 6.45) is 0. The van der Waals surface area contributed by atoms with E-state index in [-0.39, 0.29) is 5.82 Å². The number of anilines is 1. The Morgan fingerprint density at radius 3 is 2.50 bits per heavy atom. The molecule has 1 aliphatic rings. The molecule has 6 heteroatoms. The van der Waals surface area contributed by atoms with E-state index in [1.54, 1.807) is 12.1 Å². The highest BCUT2D eigenvalue weighted by Crippen LogP contribution is 2.35. The summed E-state index contributed by atoms with van der Waals surface area (Å²) in [7, 11) is 0. The quantitative estimate of drug-likeness (QED) is 0.653. The van der Waals surface area contributed by atoms with E-state index in [0.29, 0.717) is 10.6 Å². The number of hydrogen-bond acceptors (Lipinski definition) is 4. The molecule has 2 aromatic carbocycles. The first-order chi connectivity index (χ1) is 10.7. The smallest absolute Gasteiger partial charge is 0.209 e. The first kappa shape index (κ1) is 13.8. The molecule has 0 amide bonds. The van der Waals surface area contributed by atoms with E-state index in [9.17, 15) is 4.39 Å². The van der Waals surface area contributed by atoms with Gasteiger partial charge in [0.15, 0.2) is 5.01 Å². The van der Waals surface area contributed by atoms with Gasteiger partial charge in [-0.15, -0.1) is 10.2 Å². The maximum absolute atomic E-state index is 14.0. The van der Waals surface area contributed by atoms with Crippen LogP contribution in [-0.4, -0.2) is 10.2 Å². The van der Waals surface area contributed by atoms with Crippen molar-refractivity contribution in [2.45, 2.75) is 13.1 Å². The van der Waals surface area contributed by atoms with Crippen LogP contribution < -0.4 is 4.90 Å². The molecule has 0 radical (unpaired) electrons. The van der Waals surface area contributed by atoms with Crippen LogP contribution in [-0.2, 0) is 13.1 Å². The van der Waals surface area contributed by atoms with Crippen LogP contribution in [0.5, 0.6) is 0 Å². The fraction of sp³-hybridized carbons (Fsp3) is 0.125. The molecule has 1 aromatic heterocycles. The lowest BCUT2D eigenvalue weighted by atomic mass is 10.1. The molecule has 0 atom stereocenters. The molecule has 3 aromatic rings. The van der Waals surface area contributed by atoms with E-state index in [1.165, 1.54) is 28.5 Å². The van der Waals surface area contributed by atoms with Crippen molar-refractivity contribution in [2.75, 3.05) is 4.90 Å². The Hall–Kier alpha value is -1.79. The topological polar surface area (TPSA) is 29.0 Å². The molecule has 0 aliphatic carbocycles. The van der Waals surface area contributed by atoms with Crippen molar-refractivity contribution in [3.05, 3.63) is 63.9 Å². The Morgan fingerprint density at radius 2 is 1.77 bits per heavy atom. The Labute approximate surface area is 139 Å². The van der Waals surface area contributed by atoms with E-state index in [2.05, 4.69) is 43.2 Å². The van der Waals surface area contributed by atoms with Crippen molar-refractivity contribution in [2.24, 2.45) is 0 Å². The fourth-order valence-corrected chi connectivity index (χ4v) is 3.80. The molecule has 0 saturated carbocycles. The van der Waals surface area contributed by atoms with Crippen LogP contribution in [0.3, 0.4) is 0 Å². The normalized spacial score (nSPS) is 13.5. The Kier molecular flexibility index (Phi) is 3.43. The molecule has 0 bridgehead atoms. The minimum absolute atomic E-state index is 0.282. The van der Waals surface area contributed by atoms with E-state index < -0.39 is 0 Å². The Morgan fingerprint density at radius 1 is 1.05 bits per heavy atom. The average Bonchev–Trinajstić information content (AvgIpc) is 3.15. The summed E-state index contributed by atoms with van der Waals surface area (Å²) in [5.74, 6) is -0.282. The molecule has 1 aliphatic heterocycles. The van der Waals surface area contributed by atoms with Gasteiger partial charge in [0.05, 0.1) is 0 Å². The second-order valence-corrected chi connectivity index (χ2v) is 7.01. The van der Waals surface area contributed by atoms with Crippen LogP contribution in [0.1, 0.15) is 11.1 Å². The van der Waals surface area contributed by atoms with E-state index in [1.807, 2.05) is 12.1 Å². The highest BCUT2D eigenvalue weighted by Gasteiger charge is 2.22. The Bertz CT molecular complexity index is 824. The second kappa shape index (κ2) is 5.44. The molecule has 0 saturated heterocycles. The number of aromatic nitrogens is 2. The second-order valence-electron chi connectivity index (χ2n) is 5.14. The first-order valence-electron chi connectivity index (χ1n) is 6.81. The van der Waals surface area contributed by atoms with Crippen molar-refractivity contribution in [1.29, 1.82) is 0 Å². The lowest BCUT2D eigenvalue weighted by Gasteiger charge is -2.11. The van der Waals surface area contributed by atoms with Gasteiger partial charge in [-0.05, 0) is 29.3 Å². The molecule has 3 nitrogen and oxygen atoms in total. The van der Waals surface area contributed by atoms with Gasteiger partial charge in [0.25, 0.3) is 0 Å². The van der Waals surface area contributed by atoms with Gasteiger partial charge in [0, 0.05) is 23.1 Å². The van der Waals surface area contributed by atoms with Gasteiger partial charge in [0.1, 0.15) is 5.82 Å². The van der Waals surface area contributed by atoms with E-state index in [0.717, 1.165) is 22.7 Å². The maximum Gasteiger partial charge on any atom is 0.209 e. The number of fused-ring (bicyclic) bond motifs is 1. The third-order valence-corrected chi connectivity index (χ3v) is 5.20. The van der Waals surface area contributed by atoms with Gasteiger partial charge in [-0.1, -0.05) is 51.5 Å². The van der Waals surface area contributed by atoms with Crippen LogP contribution in [0.2, 0.25) is 0 Å². The summed E-state index contributed by atoms with van der Waals surface area (Å²) >= 11 is 4.79. The average molecular weight is 376 g/mol. The molecule has 22 heavy (non-hydrogen) atoms. The Balaban J connectivity index is 1.64. The molecule has 110 valence electrons. The predicted molar refractivity (Wildman–Crippen MR) is 89.3 cm³/mol. The van der Waals surface area contributed by atoms with Gasteiger partial charge in [0.2, 0.25) is 5.13 Å². The van der Waals surface area contributed by atoms with E-state index in [4.69, 9.17) is 0 Å². The van der Waals surface area contributed by atoms with Gasteiger partial charge in [-0.25, -0.2) is 4.39 Å². The van der Waals surface area contributed by atoms with Gasteiger partial charge in [-0.2, -0.15) is 0 Å². The van der Waals surface area contributed by atoms with Gasteiger partial charge in [-0.3, -0.25) is 0 Å². The van der Waals surface area contributed by atoms with Crippen molar-refractivity contribution in [1.82, 2.24) is 10.2 Å². The molecule has 0 N–H and O–H groups in total. The van der Waals surface area contributed by atoms with Crippen LogP contribution in [0.25, 0.3) is 10.6 Å². The number of nitrogens with zero attached hydrogens (tertiary/aromatic N) is 3. The van der Waals surface area contributed by atoms with Crippen molar-refractivity contribution in [3.8, 4) is 10.6 Å². The number of halogens is 2. The standard InChI is InChI=1S/C16H11BrFN3S/c17-12-5-6-14(18)13(7-12)15-19-20-16(22-15)21-8-10-3-1-2-4-11(10)9-21/h1-7H,8-9H2. The molecule has 0 spiro atoms. The van der Waals surface area contributed by atoms with Crippen molar-refractivity contribution in [3.63, 3.8) is 0 Å². The summed E-state index contributed by atoms with van der Waals surface area (Å²) in [4.78, 5) is 2.17. The number of hydrogen-bond donors (Lipinski definition) is 0. The molecule has 2 heterocycles. The molecular weight excluding hydrogens is 365 g/mol. The monoisotopic (exact) mass is 375 g/mol. The lowest BCUT2D eigenvalue weighted by molar-refractivity contribution is 0.630. The van der Waals surface area contributed by atoms with Crippen LogP contribution in [0.4, 0.5) is 9.52 Å². The minimum Gasteiger partial charge on any atom is -0.338 e. The molecule has 0 unspecified atom stereocenters. The van der Waals surface area contributed by atoms with Crippen molar-refractivity contribution < 1.29 is 4.39 Å². The molecule has 4 rings (SSSR count). The SMILES string of the molecule is Fc1ccc(Br)cc1-c1nnc(N2Cc3ccccc3C2)s1. The van der Waals surface area contributed by atoms with Crippen LogP contribution in [0, 0.1) is 5.82 Å². The zero-order valence-corrected chi connectivity index (χ0v) is 13.9. The molecule has 0 fully saturated rings. The third-order valence-electron chi connectivity index (χ3n) is 3.68. The van der Waals surface area contributed by atoms with Crippen molar-refractivity contribution >= 4 is 32.4 Å². The highest BCUT2D eigenvalue weighted by molar-refractivity contribution is 9.10. The maximum atomic E-state index is 14.0. The molecular formula is C16H11BrFN3S. The summed E-state index contributed by atoms with van der Waals surface area (Å²) in [5, 5.41) is 9.83. The number of benzene rings is 2. The summed E-state index contributed by atoms with van der Waals surface area (Å²) < 4.78 is 14.8. The summed E-state index contributed by atoms with van der Waals surface area (Å²) in [5.41, 5.74) is 3.11. The largest absolute Gasteiger partial charge is 0.338 e. The fourth-order valence-electron chi connectivity index (χ4n) is 2.58. The lowest BCUT2D eigenvalue weighted by Crippen LogP contribution is -2.13. The first-order valence-corrected chi connectivity index (χ1v) is 8.42. The third kappa shape index (κ3) is 2.42. The van der Waals surface area contributed by atoms with E-state index >= 15 is 0 Å². The van der Waals surface area contributed by atoms with Crippen LogP contribution in [0.15, 0.2) is 46.9 Å². The highest BCUT2D eigenvalue weighted by atomic mass is 79.9. The summed E-state index contributed by atoms with van der Waals surface area (Å²) in [6.45, 7) is 1.65. The van der Waals surface area contributed by atoms with Gasteiger partial charge >= 0.3 is 0 Å².